The number of benzene rings is 2. The number of aromatic nitrogens is 2. The number of methoxy groups -OCH3 is 1. The van der Waals surface area contributed by atoms with Crippen LogP contribution in [0.2, 0.25) is 0 Å². The van der Waals surface area contributed by atoms with E-state index in [1.54, 1.807) is 31.2 Å². The second-order valence-corrected chi connectivity index (χ2v) is 7.71. The molecule has 0 saturated carbocycles. The number of Topliss-reactive ketones (excluding diaryl/α,β-unsaturated/α-hetero) is 1. The number of halogens is 1. The lowest BCUT2D eigenvalue weighted by molar-refractivity contribution is -0.132. The first-order valence-corrected chi connectivity index (χ1v) is 9.73. The van der Waals surface area contributed by atoms with Gasteiger partial charge < -0.3 is 9.84 Å². The van der Waals surface area contributed by atoms with Gasteiger partial charge in [-0.3, -0.25) is 14.5 Å². The fourth-order valence-electron chi connectivity index (χ4n) is 3.28. The molecule has 9 heteroatoms. The molecule has 7 nitrogen and oxygen atoms in total. The first-order chi connectivity index (χ1) is 14.4. The van der Waals surface area contributed by atoms with Crippen LogP contribution in [0.15, 0.2) is 54.1 Å². The molecule has 152 valence electrons. The van der Waals surface area contributed by atoms with Crippen LogP contribution in [-0.2, 0) is 9.59 Å². The summed E-state index contributed by atoms with van der Waals surface area (Å²) in [6.45, 7) is 1.72. The van der Waals surface area contributed by atoms with Crippen molar-refractivity contribution in [2.45, 2.75) is 13.0 Å². The number of ketones is 1. The molecule has 2 aromatic carbocycles. The maximum atomic E-state index is 13.5. The molecule has 0 bridgehead atoms. The number of aryl methyl sites for hydroxylation is 1. The van der Waals surface area contributed by atoms with Crippen LogP contribution in [-0.4, -0.2) is 34.1 Å². The summed E-state index contributed by atoms with van der Waals surface area (Å²) in [5.41, 5.74) is 0.692. The van der Waals surface area contributed by atoms with Crippen molar-refractivity contribution in [1.29, 1.82) is 0 Å². The highest BCUT2D eigenvalue weighted by Gasteiger charge is 2.48. The summed E-state index contributed by atoms with van der Waals surface area (Å²) in [5.74, 6) is -1.92. The molecule has 1 saturated heterocycles. The molecule has 4 rings (SSSR count). The number of hydrogen-bond donors (Lipinski definition) is 1. The molecule has 1 aliphatic rings. The smallest absolute Gasteiger partial charge is 0.301 e. The van der Waals surface area contributed by atoms with Crippen LogP contribution in [0.4, 0.5) is 9.52 Å². The van der Waals surface area contributed by atoms with E-state index in [1.165, 1.54) is 36.3 Å². The summed E-state index contributed by atoms with van der Waals surface area (Å²) in [7, 11) is 1.51. The van der Waals surface area contributed by atoms with Crippen LogP contribution in [0, 0.1) is 12.7 Å². The Labute approximate surface area is 175 Å². The highest BCUT2D eigenvalue weighted by molar-refractivity contribution is 7.15. The van der Waals surface area contributed by atoms with Crippen molar-refractivity contribution in [3.8, 4) is 5.75 Å². The van der Waals surface area contributed by atoms with Gasteiger partial charge in [-0.05, 0) is 48.9 Å². The van der Waals surface area contributed by atoms with Crippen molar-refractivity contribution in [1.82, 2.24) is 10.2 Å². The Hall–Kier alpha value is -3.59. The SMILES string of the molecule is COc1ccc(C(O)=C2C(=O)C(=O)N(c3nnc(C)s3)[C@H]2c2ccc(F)cc2)cc1. The first-order valence-electron chi connectivity index (χ1n) is 8.91. The van der Waals surface area contributed by atoms with Crippen molar-refractivity contribution in [2.75, 3.05) is 12.0 Å². The van der Waals surface area contributed by atoms with Crippen molar-refractivity contribution in [3.63, 3.8) is 0 Å². The Kier molecular flexibility index (Phi) is 5.04. The number of aliphatic hydroxyl groups excluding tert-OH is 1. The normalized spacial score (nSPS) is 18.1. The minimum Gasteiger partial charge on any atom is -0.507 e. The van der Waals surface area contributed by atoms with Crippen molar-refractivity contribution < 1.29 is 23.8 Å². The summed E-state index contributed by atoms with van der Waals surface area (Å²) >= 11 is 1.14. The van der Waals surface area contributed by atoms with Crippen LogP contribution < -0.4 is 9.64 Å². The number of anilines is 1. The minimum absolute atomic E-state index is 0.107. The van der Waals surface area contributed by atoms with Gasteiger partial charge in [0.1, 0.15) is 22.3 Å². The quantitative estimate of drug-likeness (QED) is 0.390. The van der Waals surface area contributed by atoms with E-state index in [0.717, 1.165) is 11.3 Å². The molecule has 0 unspecified atom stereocenters. The summed E-state index contributed by atoms with van der Waals surface area (Å²) in [5, 5.41) is 19.7. The molecule has 3 aromatic rings. The van der Waals surface area contributed by atoms with Gasteiger partial charge in [-0.25, -0.2) is 4.39 Å². The maximum Gasteiger partial charge on any atom is 0.301 e. The molecule has 1 aliphatic heterocycles. The van der Waals surface area contributed by atoms with E-state index in [0.29, 0.717) is 21.9 Å². The molecule has 0 radical (unpaired) electrons. The molecule has 1 atom stereocenters. The third kappa shape index (κ3) is 3.33. The third-order valence-electron chi connectivity index (χ3n) is 4.72. The molecular weight excluding hydrogens is 409 g/mol. The van der Waals surface area contributed by atoms with Crippen LogP contribution in [0.3, 0.4) is 0 Å². The van der Waals surface area contributed by atoms with Gasteiger partial charge in [0.2, 0.25) is 5.13 Å². The number of carbonyl (C=O) groups is 2. The number of nitrogens with zero attached hydrogens (tertiary/aromatic N) is 3. The molecule has 2 heterocycles. The van der Waals surface area contributed by atoms with Gasteiger partial charge in [0.15, 0.2) is 0 Å². The molecule has 1 aromatic heterocycles. The minimum atomic E-state index is -0.972. The zero-order valence-electron chi connectivity index (χ0n) is 16.0. The Morgan fingerprint density at radius 2 is 1.77 bits per heavy atom. The second-order valence-electron chi connectivity index (χ2n) is 6.55. The van der Waals surface area contributed by atoms with E-state index < -0.39 is 23.5 Å². The van der Waals surface area contributed by atoms with Crippen LogP contribution in [0.1, 0.15) is 22.2 Å². The van der Waals surface area contributed by atoms with Gasteiger partial charge in [-0.15, -0.1) is 10.2 Å². The van der Waals surface area contributed by atoms with Gasteiger partial charge in [0.25, 0.3) is 5.78 Å². The van der Waals surface area contributed by atoms with E-state index >= 15 is 0 Å². The monoisotopic (exact) mass is 425 g/mol. The van der Waals surface area contributed by atoms with Gasteiger partial charge in [-0.2, -0.15) is 0 Å². The van der Waals surface area contributed by atoms with Crippen LogP contribution >= 0.6 is 11.3 Å². The summed E-state index contributed by atoms with van der Waals surface area (Å²) in [6.07, 6.45) is 0. The Morgan fingerprint density at radius 1 is 1.10 bits per heavy atom. The average molecular weight is 425 g/mol. The Bertz CT molecular complexity index is 1160. The largest absolute Gasteiger partial charge is 0.507 e. The van der Waals surface area contributed by atoms with Crippen LogP contribution in [0.5, 0.6) is 5.75 Å². The summed E-state index contributed by atoms with van der Waals surface area (Å²) < 4.78 is 18.6. The third-order valence-corrected chi connectivity index (χ3v) is 5.55. The van der Waals surface area contributed by atoms with Gasteiger partial charge >= 0.3 is 5.91 Å². The summed E-state index contributed by atoms with van der Waals surface area (Å²) in [6, 6.07) is 10.8. The predicted octanol–water partition coefficient (Wildman–Crippen LogP) is 3.62. The number of aliphatic hydroxyl groups is 1. The van der Waals surface area contributed by atoms with Gasteiger partial charge in [0, 0.05) is 5.56 Å². The molecule has 1 amide bonds. The highest BCUT2D eigenvalue weighted by Crippen LogP contribution is 2.42. The lowest BCUT2D eigenvalue weighted by Crippen LogP contribution is -2.29. The van der Waals surface area contributed by atoms with Gasteiger partial charge in [0.05, 0.1) is 18.7 Å². The number of amides is 1. The van der Waals surface area contributed by atoms with Crippen LogP contribution in [0.25, 0.3) is 5.76 Å². The van der Waals surface area contributed by atoms with Gasteiger partial charge in [-0.1, -0.05) is 23.5 Å². The Morgan fingerprint density at radius 3 is 2.33 bits per heavy atom. The van der Waals surface area contributed by atoms with E-state index in [4.69, 9.17) is 4.74 Å². The molecule has 0 spiro atoms. The molecular formula is C21H16FN3O4S. The van der Waals surface area contributed by atoms with E-state index in [2.05, 4.69) is 10.2 Å². The fourth-order valence-corrected chi connectivity index (χ4v) is 3.99. The predicted molar refractivity (Wildman–Crippen MR) is 109 cm³/mol. The van der Waals surface area contributed by atoms with Crippen molar-refractivity contribution in [2.24, 2.45) is 0 Å². The van der Waals surface area contributed by atoms with E-state index in [-0.39, 0.29) is 16.5 Å². The standard InChI is InChI=1S/C21H16FN3O4S/c1-11-23-24-21(30-11)25-17(12-3-7-14(22)8-4-12)16(19(27)20(25)28)18(26)13-5-9-15(29-2)10-6-13/h3-10,17,26H,1-2H3/t17-/m0/s1. The number of rotatable bonds is 4. The molecule has 1 N–H and O–H groups in total. The van der Waals surface area contributed by atoms with Crippen molar-refractivity contribution in [3.05, 3.63) is 76.1 Å². The molecule has 30 heavy (non-hydrogen) atoms. The highest BCUT2D eigenvalue weighted by atomic mass is 32.1. The topological polar surface area (TPSA) is 92.6 Å². The van der Waals surface area contributed by atoms with E-state index in [1.807, 2.05) is 0 Å². The fraction of sp³-hybridized carbons (Fsp3) is 0.143. The molecule has 0 aliphatic carbocycles. The zero-order chi connectivity index (χ0) is 21.4. The lowest BCUT2D eigenvalue weighted by atomic mass is 9.95. The number of ether oxygens (including phenoxy) is 1. The lowest BCUT2D eigenvalue weighted by Gasteiger charge is -2.22. The Balaban J connectivity index is 1.91. The zero-order valence-corrected chi connectivity index (χ0v) is 16.8. The maximum absolute atomic E-state index is 13.5. The molecule has 1 fully saturated rings. The van der Waals surface area contributed by atoms with Crippen molar-refractivity contribution >= 4 is 33.9 Å². The number of hydrogen-bond acceptors (Lipinski definition) is 7. The first kappa shape index (κ1) is 19.7. The van der Waals surface area contributed by atoms with E-state index in [9.17, 15) is 19.1 Å². The number of carbonyl (C=O) groups excluding carboxylic acids is 2. The second kappa shape index (κ2) is 7.68. The summed E-state index contributed by atoms with van der Waals surface area (Å²) in [4.78, 5) is 27.0. The average Bonchev–Trinajstić information content (AvgIpc) is 3.29.